The Morgan fingerprint density at radius 3 is 1.94 bits per heavy atom. The highest BCUT2D eigenvalue weighted by molar-refractivity contribution is 7.86. The molecule has 0 bridgehead atoms. The molecule has 0 aliphatic rings. The van der Waals surface area contributed by atoms with Crippen molar-refractivity contribution >= 4 is 20.2 Å². The van der Waals surface area contributed by atoms with E-state index in [0.29, 0.717) is 11.1 Å². The van der Waals surface area contributed by atoms with E-state index in [1.165, 1.54) is 12.4 Å². The molecule has 1 aromatic heterocycles. The summed E-state index contributed by atoms with van der Waals surface area (Å²) in [5.41, 5.74) is 1.10. The van der Waals surface area contributed by atoms with Gasteiger partial charge in [-0.3, -0.25) is 14.1 Å². The van der Waals surface area contributed by atoms with Gasteiger partial charge < -0.3 is 0 Å². The topological polar surface area (TPSA) is 122 Å². The standard InChI is InChI=1S/C9H13NO6S2/c11-17(12,13)5-2-8-1-4-10-7-9(8)3-6-18(14,15)16/h1,4,7H,2-3,5-6H2,(H,11,12,13)(H,14,15,16). The minimum Gasteiger partial charge on any atom is -0.286 e. The number of aryl methyl sites for hydroxylation is 2. The second kappa shape index (κ2) is 5.74. The van der Waals surface area contributed by atoms with Crippen LogP contribution in [0.25, 0.3) is 0 Å². The van der Waals surface area contributed by atoms with E-state index in [4.69, 9.17) is 9.11 Å². The Balaban J connectivity index is 2.80. The average molecular weight is 295 g/mol. The van der Waals surface area contributed by atoms with Crippen LogP contribution in [0.4, 0.5) is 0 Å². The van der Waals surface area contributed by atoms with Gasteiger partial charge in [-0.2, -0.15) is 16.8 Å². The third-order valence-electron chi connectivity index (χ3n) is 2.26. The monoisotopic (exact) mass is 295 g/mol. The first-order valence-electron chi connectivity index (χ1n) is 4.99. The molecule has 2 N–H and O–H groups in total. The molecule has 0 aliphatic heterocycles. The fourth-order valence-electron chi connectivity index (χ4n) is 1.40. The molecule has 1 aromatic rings. The lowest BCUT2D eigenvalue weighted by atomic mass is 10.1. The molecular weight excluding hydrogens is 282 g/mol. The van der Waals surface area contributed by atoms with E-state index in [9.17, 15) is 16.8 Å². The number of pyridine rings is 1. The Labute approximate surface area is 105 Å². The first-order chi connectivity index (χ1) is 8.17. The fraction of sp³-hybridized carbons (Fsp3) is 0.444. The molecule has 7 nitrogen and oxygen atoms in total. The summed E-state index contributed by atoms with van der Waals surface area (Å²) < 4.78 is 59.8. The Bertz CT molecular complexity index is 553. The smallest absolute Gasteiger partial charge is 0.265 e. The summed E-state index contributed by atoms with van der Waals surface area (Å²) in [6.45, 7) is 0. The number of rotatable bonds is 6. The molecular formula is C9H13NO6S2. The molecule has 0 radical (unpaired) electrons. The lowest BCUT2D eigenvalue weighted by Crippen LogP contribution is -2.11. The third-order valence-corrected chi connectivity index (χ3v) is 3.70. The highest BCUT2D eigenvalue weighted by Crippen LogP contribution is 2.10. The molecule has 0 amide bonds. The van der Waals surface area contributed by atoms with Gasteiger partial charge in [-0.05, 0) is 30.0 Å². The molecule has 18 heavy (non-hydrogen) atoms. The Hall–Kier alpha value is -1.03. The van der Waals surface area contributed by atoms with Gasteiger partial charge in [0.1, 0.15) is 0 Å². The van der Waals surface area contributed by atoms with E-state index in [0.717, 1.165) is 0 Å². The molecule has 0 saturated heterocycles. The molecule has 0 saturated carbocycles. The molecule has 1 rings (SSSR count). The molecule has 0 spiro atoms. The molecule has 9 heteroatoms. The Morgan fingerprint density at radius 1 is 0.944 bits per heavy atom. The largest absolute Gasteiger partial charge is 0.286 e. The van der Waals surface area contributed by atoms with E-state index in [-0.39, 0.29) is 12.8 Å². The molecule has 0 fully saturated rings. The minimum absolute atomic E-state index is 0.0352. The van der Waals surface area contributed by atoms with Gasteiger partial charge in [0.05, 0.1) is 11.5 Å². The van der Waals surface area contributed by atoms with E-state index in [1.54, 1.807) is 6.07 Å². The summed E-state index contributed by atoms with van der Waals surface area (Å²) in [7, 11) is -8.15. The second-order valence-corrected chi connectivity index (χ2v) is 6.86. The quantitative estimate of drug-likeness (QED) is 0.705. The van der Waals surface area contributed by atoms with Crippen LogP contribution < -0.4 is 0 Å². The van der Waals surface area contributed by atoms with Gasteiger partial charge in [-0.15, -0.1) is 0 Å². The highest BCUT2D eigenvalue weighted by Gasteiger charge is 2.11. The molecule has 0 aromatic carbocycles. The van der Waals surface area contributed by atoms with Gasteiger partial charge >= 0.3 is 0 Å². The van der Waals surface area contributed by atoms with Gasteiger partial charge in [0.25, 0.3) is 20.2 Å². The van der Waals surface area contributed by atoms with Gasteiger partial charge in [0.15, 0.2) is 0 Å². The molecule has 0 atom stereocenters. The van der Waals surface area contributed by atoms with Crippen LogP contribution in [0.2, 0.25) is 0 Å². The minimum atomic E-state index is -4.08. The lowest BCUT2D eigenvalue weighted by Gasteiger charge is -2.07. The number of hydrogen-bond acceptors (Lipinski definition) is 5. The second-order valence-electron chi connectivity index (χ2n) is 3.72. The zero-order valence-corrected chi connectivity index (χ0v) is 11.0. The fourth-order valence-corrected chi connectivity index (χ4v) is 2.36. The van der Waals surface area contributed by atoms with E-state index < -0.39 is 31.7 Å². The van der Waals surface area contributed by atoms with Crippen molar-refractivity contribution in [3.63, 3.8) is 0 Å². The van der Waals surface area contributed by atoms with Gasteiger partial charge in [-0.25, -0.2) is 0 Å². The first-order valence-corrected chi connectivity index (χ1v) is 8.21. The van der Waals surface area contributed by atoms with Crippen LogP contribution in [-0.2, 0) is 33.1 Å². The zero-order chi connectivity index (χ0) is 13.8. The van der Waals surface area contributed by atoms with Crippen molar-refractivity contribution in [2.75, 3.05) is 11.5 Å². The van der Waals surface area contributed by atoms with Crippen LogP contribution in [-0.4, -0.2) is 42.4 Å². The summed E-state index contributed by atoms with van der Waals surface area (Å²) in [5, 5.41) is 0. The van der Waals surface area contributed by atoms with Crippen molar-refractivity contribution in [3.8, 4) is 0 Å². The number of hydrogen-bond donors (Lipinski definition) is 2. The maximum Gasteiger partial charge on any atom is 0.265 e. The Morgan fingerprint density at radius 2 is 1.44 bits per heavy atom. The maximum atomic E-state index is 10.6. The van der Waals surface area contributed by atoms with Crippen LogP contribution >= 0.6 is 0 Å². The van der Waals surface area contributed by atoms with Crippen molar-refractivity contribution in [2.24, 2.45) is 0 Å². The summed E-state index contributed by atoms with van der Waals surface area (Å²) in [6.07, 6.45) is 2.94. The summed E-state index contributed by atoms with van der Waals surface area (Å²) in [6, 6.07) is 1.55. The normalized spacial score (nSPS) is 12.6. The van der Waals surface area contributed by atoms with E-state index in [2.05, 4.69) is 4.98 Å². The van der Waals surface area contributed by atoms with E-state index in [1.807, 2.05) is 0 Å². The molecule has 1 heterocycles. The molecule has 0 aliphatic carbocycles. The highest BCUT2D eigenvalue weighted by atomic mass is 32.2. The predicted molar refractivity (Wildman–Crippen MR) is 64.5 cm³/mol. The number of aromatic nitrogens is 1. The Kier molecular flexibility index (Phi) is 4.79. The molecule has 102 valence electrons. The van der Waals surface area contributed by atoms with Gasteiger partial charge in [0, 0.05) is 12.4 Å². The van der Waals surface area contributed by atoms with Crippen molar-refractivity contribution < 1.29 is 25.9 Å². The third kappa shape index (κ3) is 6.05. The van der Waals surface area contributed by atoms with Crippen molar-refractivity contribution in [1.29, 1.82) is 0 Å². The van der Waals surface area contributed by atoms with Gasteiger partial charge in [0.2, 0.25) is 0 Å². The molecule has 0 unspecified atom stereocenters. The predicted octanol–water partition coefficient (Wildman–Crippen LogP) is -0.0578. The van der Waals surface area contributed by atoms with Gasteiger partial charge in [-0.1, -0.05) is 0 Å². The van der Waals surface area contributed by atoms with Crippen LogP contribution in [0, 0.1) is 0 Å². The number of nitrogens with zero attached hydrogens (tertiary/aromatic N) is 1. The van der Waals surface area contributed by atoms with Crippen LogP contribution in [0.5, 0.6) is 0 Å². The van der Waals surface area contributed by atoms with E-state index >= 15 is 0 Å². The summed E-state index contributed by atoms with van der Waals surface area (Å²) in [5.74, 6) is -0.909. The van der Waals surface area contributed by atoms with Crippen molar-refractivity contribution in [3.05, 3.63) is 29.6 Å². The average Bonchev–Trinajstić information content (AvgIpc) is 2.22. The van der Waals surface area contributed by atoms with Crippen molar-refractivity contribution in [1.82, 2.24) is 4.98 Å². The van der Waals surface area contributed by atoms with Crippen LogP contribution in [0.1, 0.15) is 11.1 Å². The maximum absolute atomic E-state index is 10.6. The SMILES string of the molecule is O=S(=O)(O)CCc1ccncc1CCS(=O)(=O)O. The van der Waals surface area contributed by atoms with Crippen LogP contribution in [0.15, 0.2) is 18.5 Å². The van der Waals surface area contributed by atoms with Crippen LogP contribution in [0.3, 0.4) is 0 Å². The first kappa shape index (κ1) is 15.0. The van der Waals surface area contributed by atoms with Crippen molar-refractivity contribution in [2.45, 2.75) is 12.8 Å². The summed E-state index contributed by atoms with van der Waals surface area (Å²) >= 11 is 0. The zero-order valence-electron chi connectivity index (χ0n) is 9.35. The summed E-state index contributed by atoms with van der Waals surface area (Å²) in [4.78, 5) is 3.80. The lowest BCUT2D eigenvalue weighted by molar-refractivity contribution is 0.479.